The van der Waals surface area contributed by atoms with E-state index in [0.717, 1.165) is 14.6 Å². The highest BCUT2D eigenvalue weighted by Crippen LogP contribution is 2.26. The lowest BCUT2D eigenvalue weighted by atomic mass is 10.3. The lowest BCUT2D eigenvalue weighted by molar-refractivity contribution is -0.113. The molecule has 0 unspecified atom stereocenters. The second-order valence-corrected chi connectivity index (χ2v) is 7.40. The first-order chi connectivity index (χ1) is 11.0. The van der Waals surface area contributed by atoms with Crippen molar-refractivity contribution in [1.82, 2.24) is 0 Å². The Morgan fingerprint density at radius 2 is 1.91 bits per heavy atom. The molecule has 2 aromatic rings. The number of nitrogens with one attached hydrogen (secondary N) is 1. The van der Waals surface area contributed by atoms with E-state index in [1.54, 1.807) is 12.1 Å². The summed E-state index contributed by atoms with van der Waals surface area (Å²) in [6.07, 6.45) is 0. The van der Waals surface area contributed by atoms with Crippen LogP contribution in [0.4, 0.5) is 10.1 Å². The number of hydrogen-bond acceptors (Lipinski definition) is 3. The van der Waals surface area contributed by atoms with Gasteiger partial charge in [-0.15, -0.1) is 11.8 Å². The van der Waals surface area contributed by atoms with Crippen molar-refractivity contribution in [2.24, 2.45) is 0 Å². The topological polar surface area (TPSA) is 38.3 Å². The summed E-state index contributed by atoms with van der Waals surface area (Å²) >= 11 is 8.24. The average molecular weight is 463 g/mol. The summed E-state index contributed by atoms with van der Waals surface area (Å²) < 4.78 is 20.0. The summed E-state index contributed by atoms with van der Waals surface area (Å²) in [6.45, 7) is 0.464. The predicted molar refractivity (Wildman–Crippen MR) is 99.7 cm³/mol. The van der Waals surface area contributed by atoms with E-state index in [9.17, 15) is 9.18 Å². The Morgan fingerprint density at radius 3 is 2.61 bits per heavy atom. The van der Waals surface area contributed by atoms with E-state index < -0.39 is 0 Å². The summed E-state index contributed by atoms with van der Waals surface area (Å²) in [4.78, 5) is 11.9. The molecule has 0 aliphatic heterocycles. The Bertz CT molecular complexity index is 668. The van der Waals surface area contributed by atoms with Crippen LogP contribution in [0.2, 0.25) is 0 Å². The summed E-state index contributed by atoms with van der Waals surface area (Å²) in [7, 11) is 0. The Kier molecular flexibility index (Phi) is 7.39. The summed E-state index contributed by atoms with van der Waals surface area (Å²) in [6, 6.07) is 11.4. The Labute approximate surface area is 155 Å². The number of anilines is 1. The molecular formula is C16H14Br2FNO2S. The van der Waals surface area contributed by atoms with E-state index in [4.69, 9.17) is 4.74 Å². The molecular weight excluding hydrogens is 449 g/mol. The Hall–Kier alpha value is -1.05. The van der Waals surface area contributed by atoms with Crippen LogP contribution in [0.25, 0.3) is 0 Å². The molecule has 2 rings (SSSR count). The molecule has 0 aliphatic carbocycles. The van der Waals surface area contributed by atoms with Crippen molar-refractivity contribution in [3.8, 4) is 5.75 Å². The second-order valence-electron chi connectivity index (χ2n) is 4.53. The van der Waals surface area contributed by atoms with Crippen molar-refractivity contribution in [1.29, 1.82) is 0 Å². The van der Waals surface area contributed by atoms with E-state index in [-0.39, 0.29) is 11.7 Å². The van der Waals surface area contributed by atoms with Gasteiger partial charge in [0.05, 0.1) is 18.0 Å². The SMILES string of the molecule is O=C(CSCCOc1ccc(F)cc1)Nc1ccc(Br)cc1Br. The number of amides is 1. The highest BCUT2D eigenvalue weighted by Gasteiger charge is 2.06. The zero-order valence-corrected chi connectivity index (χ0v) is 16.0. The fourth-order valence-corrected chi connectivity index (χ4v) is 3.44. The number of benzene rings is 2. The molecule has 1 N–H and O–H groups in total. The molecule has 3 nitrogen and oxygen atoms in total. The minimum Gasteiger partial charge on any atom is -0.493 e. The number of ether oxygens (including phenoxy) is 1. The second kappa shape index (κ2) is 9.30. The molecule has 23 heavy (non-hydrogen) atoms. The van der Waals surface area contributed by atoms with Crippen LogP contribution in [0.15, 0.2) is 51.4 Å². The number of carbonyl (C=O) groups excluding carboxylic acids is 1. The third-order valence-electron chi connectivity index (χ3n) is 2.75. The van der Waals surface area contributed by atoms with Crippen molar-refractivity contribution in [2.75, 3.05) is 23.4 Å². The van der Waals surface area contributed by atoms with Crippen LogP contribution in [-0.2, 0) is 4.79 Å². The molecule has 0 fully saturated rings. The average Bonchev–Trinajstić information content (AvgIpc) is 2.51. The van der Waals surface area contributed by atoms with E-state index >= 15 is 0 Å². The van der Waals surface area contributed by atoms with Gasteiger partial charge in [-0.25, -0.2) is 4.39 Å². The predicted octanol–water partition coefficient (Wildman–Crippen LogP) is 5.10. The van der Waals surface area contributed by atoms with Gasteiger partial charge in [-0.3, -0.25) is 4.79 Å². The van der Waals surface area contributed by atoms with E-state index in [1.165, 1.54) is 23.9 Å². The van der Waals surface area contributed by atoms with Crippen LogP contribution in [0.3, 0.4) is 0 Å². The molecule has 0 radical (unpaired) electrons. The van der Waals surface area contributed by atoms with Crippen LogP contribution in [-0.4, -0.2) is 24.0 Å². The Morgan fingerprint density at radius 1 is 1.17 bits per heavy atom. The summed E-state index contributed by atoms with van der Waals surface area (Å²) in [5.74, 6) is 1.28. The molecule has 0 aliphatic rings. The van der Waals surface area contributed by atoms with Gasteiger partial charge in [-0.2, -0.15) is 0 Å². The highest BCUT2D eigenvalue weighted by atomic mass is 79.9. The lowest BCUT2D eigenvalue weighted by Crippen LogP contribution is -2.15. The molecule has 122 valence electrons. The molecule has 0 bridgehead atoms. The van der Waals surface area contributed by atoms with Crippen LogP contribution < -0.4 is 10.1 Å². The zero-order valence-electron chi connectivity index (χ0n) is 12.0. The lowest BCUT2D eigenvalue weighted by Gasteiger charge is -2.08. The quantitative estimate of drug-likeness (QED) is 0.581. The number of carbonyl (C=O) groups is 1. The van der Waals surface area contributed by atoms with Gasteiger partial charge >= 0.3 is 0 Å². The maximum Gasteiger partial charge on any atom is 0.234 e. The van der Waals surface area contributed by atoms with Crippen LogP contribution in [0.5, 0.6) is 5.75 Å². The minimum absolute atomic E-state index is 0.0696. The fourth-order valence-electron chi connectivity index (χ4n) is 1.69. The molecule has 2 aromatic carbocycles. The molecule has 7 heteroatoms. The van der Waals surface area contributed by atoms with Gasteiger partial charge < -0.3 is 10.1 Å². The fraction of sp³-hybridized carbons (Fsp3) is 0.188. The first-order valence-corrected chi connectivity index (χ1v) is 9.49. The first kappa shape index (κ1) is 18.3. The smallest absolute Gasteiger partial charge is 0.234 e. The first-order valence-electron chi connectivity index (χ1n) is 6.75. The molecule has 0 atom stereocenters. The molecule has 1 amide bonds. The van der Waals surface area contributed by atoms with Crippen molar-refractivity contribution in [3.63, 3.8) is 0 Å². The van der Waals surface area contributed by atoms with Gasteiger partial charge in [0.25, 0.3) is 0 Å². The van der Waals surface area contributed by atoms with Crippen molar-refractivity contribution in [3.05, 3.63) is 57.2 Å². The monoisotopic (exact) mass is 461 g/mol. The van der Waals surface area contributed by atoms with E-state index in [1.807, 2.05) is 18.2 Å². The van der Waals surface area contributed by atoms with Gasteiger partial charge in [0.2, 0.25) is 5.91 Å². The van der Waals surface area contributed by atoms with Crippen molar-refractivity contribution in [2.45, 2.75) is 0 Å². The van der Waals surface area contributed by atoms with Crippen LogP contribution in [0.1, 0.15) is 0 Å². The molecule has 0 spiro atoms. The standard InChI is InChI=1S/C16H14Br2FNO2S/c17-11-1-6-15(14(18)9-11)20-16(21)10-23-8-7-22-13-4-2-12(19)3-5-13/h1-6,9H,7-8,10H2,(H,20,21). The highest BCUT2D eigenvalue weighted by molar-refractivity contribution is 9.11. The summed E-state index contributed by atoms with van der Waals surface area (Å²) in [5.41, 5.74) is 0.737. The molecule has 0 heterocycles. The van der Waals surface area contributed by atoms with Gasteiger partial charge in [0.15, 0.2) is 0 Å². The zero-order chi connectivity index (χ0) is 16.7. The Balaban J connectivity index is 1.65. The summed E-state index contributed by atoms with van der Waals surface area (Å²) in [5, 5.41) is 2.84. The van der Waals surface area contributed by atoms with Gasteiger partial charge in [-0.05, 0) is 58.4 Å². The maximum atomic E-state index is 12.7. The molecule has 0 saturated heterocycles. The van der Waals surface area contributed by atoms with Crippen molar-refractivity contribution >= 4 is 55.2 Å². The number of rotatable bonds is 7. The number of hydrogen-bond donors (Lipinski definition) is 1. The van der Waals surface area contributed by atoms with Gasteiger partial charge in [0, 0.05) is 14.7 Å². The maximum absolute atomic E-state index is 12.7. The van der Waals surface area contributed by atoms with Crippen molar-refractivity contribution < 1.29 is 13.9 Å². The third-order valence-corrected chi connectivity index (χ3v) is 4.82. The van der Waals surface area contributed by atoms with Gasteiger partial charge in [0.1, 0.15) is 11.6 Å². The largest absolute Gasteiger partial charge is 0.493 e. The molecule has 0 aromatic heterocycles. The molecule has 0 saturated carbocycles. The van der Waals surface area contributed by atoms with E-state index in [2.05, 4.69) is 37.2 Å². The number of halogens is 3. The van der Waals surface area contributed by atoms with Crippen LogP contribution in [0, 0.1) is 5.82 Å². The van der Waals surface area contributed by atoms with E-state index in [0.29, 0.717) is 23.9 Å². The minimum atomic E-state index is -0.289. The van der Waals surface area contributed by atoms with Crippen LogP contribution >= 0.6 is 43.6 Å². The third kappa shape index (κ3) is 6.53. The number of thioether (sulfide) groups is 1. The van der Waals surface area contributed by atoms with Gasteiger partial charge in [-0.1, -0.05) is 15.9 Å². The normalized spacial score (nSPS) is 10.4.